The summed E-state index contributed by atoms with van der Waals surface area (Å²) in [6.45, 7) is 6.30. The first-order valence-electron chi connectivity index (χ1n) is 6.59. The third kappa shape index (κ3) is 2.56. The summed E-state index contributed by atoms with van der Waals surface area (Å²) in [5, 5.41) is 13.2. The van der Waals surface area contributed by atoms with Crippen LogP contribution in [0.2, 0.25) is 0 Å². The standard InChI is InChI=1S/C15H21NO2/c1-9(2)10(3)15(18)12-4-6-13-11(8-12)5-7-14(17)16-13/h4,6,8-10,15,18H,5,7H2,1-3H3,(H,16,17). The summed E-state index contributed by atoms with van der Waals surface area (Å²) >= 11 is 0. The lowest BCUT2D eigenvalue weighted by molar-refractivity contribution is -0.116. The van der Waals surface area contributed by atoms with E-state index in [1.807, 2.05) is 18.2 Å². The van der Waals surface area contributed by atoms with Crippen LogP contribution in [0.3, 0.4) is 0 Å². The smallest absolute Gasteiger partial charge is 0.224 e. The number of carbonyl (C=O) groups excluding carboxylic acids is 1. The molecule has 18 heavy (non-hydrogen) atoms. The van der Waals surface area contributed by atoms with Crippen molar-refractivity contribution in [3.63, 3.8) is 0 Å². The highest BCUT2D eigenvalue weighted by Crippen LogP contribution is 2.31. The molecule has 2 N–H and O–H groups in total. The van der Waals surface area contributed by atoms with E-state index in [1.54, 1.807) is 0 Å². The first kappa shape index (κ1) is 13.1. The van der Waals surface area contributed by atoms with E-state index >= 15 is 0 Å². The molecule has 0 bridgehead atoms. The minimum Gasteiger partial charge on any atom is -0.388 e. The molecule has 1 aromatic rings. The number of hydrogen-bond acceptors (Lipinski definition) is 2. The quantitative estimate of drug-likeness (QED) is 0.862. The Bertz CT molecular complexity index is 454. The molecule has 0 spiro atoms. The molecule has 0 saturated heterocycles. The zero-order valence-corrected chi connectivity index (χ0v) is 11.2. The molecular formula is C15H21NO2. The van der Waals surface area contributed by atoms with E-state index in [2.05, 4.69) is 26.1 Å². The predicted molar refractivity (Wildman–Crippen MR) is 72.4 cm³/mol. The van der Waals surface area contributed by atoms with Crippen molar-refractivity contribution in [1.82, 2.24) is 0 Å². The molecule has 0 fully saturated rings. The van der Waals surface area contributed by atoms with Gasteiger partial charge in [-0.2, -0.15) is 0 Å². The summed E-state index contributed by atoms with van der Waals surface area (Å²) in [6.07, 6.45) is 0.859. The Kier molecular flexibility index (Phi) is 3.71. The maximum atomic E-state index is 11.3. The van der Waals surface area contributed by atoms with Crippen molar-refractivity contribution < 1.29 is 9.90 Å². The van der Waals surface area contributed by atoms with Crippen LogP contribution in [0.1, 0.15) is 44.4 Å². The Labute approximate surface area is 108 Å². The molecule has 0 radical (unpaired) electrons. The van der Waals surface area contributed by atoms with E-state index in [-0.39, 0.29) is 11.8 Å². The minimum absolute atomic E-state index is 0.0753. The third-order valence-corrected chi connectivity index (χ3v) is 3.92. The number of amides is 1. The number of anilines is 1. The zero-order valence-electron chi connectivity index (χ0n) is 11.2. The van der Waals surface area contributed by atoms with E-state index in [9.17, 15) is 9.90 Å². The van der Waals surface area contributed by atoms with Crippen LogP contribution in [-0.4, -0.2) is 11.0 Å². The molecule has 1 amide bonds. The van der Waals surface area contributed by atoms with Crippen LogP contribution < -0.4 is 5.32 Å². The Morgan fingerprint density at radius 2 is 1.94 bits per heavy atom. The van der Waals surface area contributed by atoms with Gasteiger partial charge in [0, 0.05) is 12.1 Å². The summed E-state index contributed by atoms with van der Waals surface area (Å²) in [6, 6.07) is 5.84. The number of aryl methyl sites for hydroxylation is 1. The van der Waals surface area contributed by atoms with Crippen LogP contribution in [0.5, 0.6) is 0 Å². The van der Waals surface area contributed by atoms with Gasteiger partial charge in [0.15, 0.2) is 0 Å². The first-order valence-corrected chi connectivity index (χ1v) is 6.59. The first-order chi connectivity index (χ1) is 8.49. The molecule has 1 aromatic carbocycles. The van der Waals surface area contributed by atoms with Crippen LogP contribution in [0.4, 0.5) is 5.69 Å². The highest BCUT2D eigenvalue weighted by atomic mass is 16.3. The monoisotopic (exact) mass is 247 g/mol. The van der Waals surface area contributed by atoms with Gasteiger partial charge in [-0.05, 0) is 35.4 Å². The van der Waals surface area contributed by atoms with Crippen LogP contribution >= 0.6 is 0 Å². The van der Waals surface area contributed by atoms with Gasteiger partial charge in [-0.3, -0.25) is 4.79 Å². The molecule has 3 nitrogen and oxygen atoms in total. The fourth-order valence-electron chi connectivity index (χ4n) is 2.26. The van der Waals surface area contributed by atoms with Crippen molar-refractivity contribution in [2.24, 2.45) is 11.8 Å². The van der Waals surface area contributed by atoms with Crippen molar-refractivity contribution in [3.05, 3.63) is 29.3 Å². The number of benzene rings is 1. The summed E-state index contributed by atoms with van der Waals surface area (Å²) in [4.78, 5) is 11.3. The molecule has 2 unspecified atom stereocenters. The van der Waals surface area contributed by atoms with Gasteiger partial charge >= 0.3 is 0 Å². The molecule has 1 aliphatic rings. The molecular weight excluding hydrogens is 226 g/mol. The molecule has 0 saturated carbocycles. The van der Waals surface area contributed by atoms with Gasteiger partial charge in [0.05, 0.1) is 6.10 Å². The maximum Gasteiger partial charge on any atom is 0.224 e. The fourth-order valence-corrected chi connectivity index (χ4v) is 2.26. The fraction of sp³-hybridized carbons (Fsp3) is 0.533. The number of hydrogen-bond donors (Lipinski definition) is 2. The average molecular weight is 247 g/mol. The molecule has 2 rings (SSSR count). The van der Waals surface area contributed by atoms with Crippen LogP contribution in [0.15, 0.2) is 18.2 Å². The van der Waals surface area contributed by atoms with Gasteiger partial charge in [-0.15, -0.1) is 0 Å². The predicted octanol–water partition coefficient (Wildman–Crippen LogP) is 2.90. The van der Waals surface area contributed by atoms with Gasteiger partial charge in [0.2, 0.25) is 5.91 Å². The number of aliphatic hydroxyl groups excluding tert-OH is 1. The second-order valence-corrected chi connectivity index (χ2v) is 5.51. The Hall–Kier alpha value is -1.35. The van der Waals surface area contributed by atoms with Crippen molar-refractivity contribution in [2.45, 2.75) is 39.7 Å². The lowest BCUT2D eigenvalue weighted by Gasteiger charge is -2.24. The molecule has 2 atom stereocenters. The Morgan fingerprint density at radius 3 is 2.61 bits per heavy atom. The largest absolute Gasteiger partial charge is 0.388 e. The van der Waals surface area contributed by atoms with E-state index in [4.69, 9.17) is 0 Å². The average Bonchev–Trinajstić information content (AvgIpc) is 2.36. The Morgan fingerprint density at radius 1 is 1.22 bits per heavy atom. The normalized spacial score (nSPS) is 18.2. The summed E-state index contributed by atoms with van der Waals surface area (Å²) in [5.74, 6) is 0.739. The SMILES string of the molecule is CC(C)C(C)C(O)c1ccc2c(c1)CCC(=O)N2. The second kappa shape index (κ2) is 5.11. The summed E-state index contributed by atoms with van der Waals surface area (Å²) in [7, 11) is 0. The van der Waals surface area contributed by atoms with E-state index in [0.717, 1.165) is 23.2 Å². The van der Waals surface area contributed by atoms with Crippen LogP contribution in [-0.2, 0) is 11.2 Å². The van der Waals surface area contributed by atoms with Crippen LogP contribution in [0, 0.1) is 11.8 Å². The highest BCUT2D eigenvalue weighted by molar-refractivity contribution is 5.93. The number of fused-ring (bicyclic) bond motifs is 1. The van der Waals surface area contributed by atoms with Gasteiger partial charge < -0.3 is 10.4 Å². The van der Waals surface area contributed by atoms with Gasteiger partial charge in [-0.1, -0.05) is 32.9 Å². The number of nitrogens with one attached hydrogen (secondary N) is 1. The van der Waals surface area contributed by atoms with Crippen molar-refractivity contribution in [3.8, 4) is 0 Å². The van der Waals surface area contributed by atoms with Gasteiger partial charge in [0.1, 0.15) is 0 Å². The lowest BCUT2D eigenvalue weighted by atomic mass is 9.87. The van der Waals surface area contributed by atoms with Crippen molar-refractivity contribution in [2.75, 3.05) is 5.32 Å². The molecule has 0 aromatic heterocycles. The van der Waals surface area contributed by atoms with Crippen molar-refractivity contribution in [1.29, 1.82) is 0 Å². The molecule has 3 heteroatoms. The third-order valence-electron chi connectivity index (χ3n) is 3.92. The molecule has 1 aliphatic heterocycles. The highest BCUT2D eigenvalue weighted by Gasteiger charge is 2.21. The number of rotatable bonds is 3. The van der Waals surface area contributed by atoms with Gasteiger partial charge in [-0.25, -0.2) is 0 Å². The van der Waals surface area contributed by atoms with E-state index in [1.165, 1.54) is 0 Å². The summed E-state index contributed by atoms with van der Waals surface area (Å²) < 4.78 is 0. The minimum atomic E-state index is -0.437. The maximum absolute atomic E-state index is 11.3. The number of aliphatic hydroxyl groups is 1. The zero-order chi connectivity index (χ0) is 13.3. The molecule has 0 aliphatic carbocycles. The topological polar surface area (TPSA) is 49.3 Å². The second-order valence-electron chi connectivity index (χ2n) is 5.51. The lowest BCUT2D eigenvalue weighted by Crippen LogP contribution is -2.20. The molecule has 98 valence electrons. The number of carbonyl (C=O) groups is 1. The Balaban J connectivity index is 2.23. The van der Waals surface area contributed by atoms with E-state index in [0.29, 0.717) is 12.3 Å². The summed E-state index contributed by atoms with van der Waals surface area (Å²) in [5.41, 5.74) is 2.97. The van der Waals surface area contributed by atoms with E-state index < -0.39 is 6.10 Å². The molecule has 1 heterocycles. The van der Waals surface area contributed by atoms with Crippen molar-refractivity contribution >= 4 is 11.6 Å². The van der Waals surface area contributed by atoms with Gasteiger partial charge in [0.25, 0.3) is 0 Å². The van der Waals surface area contributed by atoms with Crippen LogP contribution in [0.25, 0.3) is 0 Å².